The lowest BCUT2D eigenvalue weighted by molar-refractivity contribution is 0.195. The van der Waals surface area contributed by atoms with Gasteiger partial charge in [-0.05, 0) is 18.9 Å². The molecule has 0 radical (unpaired) electrons. The first-order chi connectivity index (χ1) is 5.33. The third kappa shape index (κ3) is 2.72. The third-order valence-corrected chi connectivity index (χ3v) is 1.55. The summed E-state index contributed by atoms with van der Waals surface area (Å²) in [6, 6.07) is 2.04. The van der Waals surface area contributed by atoms with Crippen LogP contribution in [-0.2, 0) is 18.2 Å². The Hall–Kier alpha value is -0.830. The molecular weight excluding hydrogens is 140 g/mol. The average molecular weight is 154 g/mol. The minimum absolute atomic E-state index is 0.816. The highest BCUT2D eigenvalue weighted by atomic mass is 16.5. The van der Waals surface area contributed by atoms with E-state index in [0.29, 0.717) is 0 Å². The minimum atomic E-state index is 0.816. The largest absolute Gasteiger partial charge is 0.385 e. The molecule has 0 bridgehead atoms. The number of aromatic nitrogens is 2. The molecule has 0 unspecified atom stereocenters. The Morgan fingerprint density at radius 2 is 2.45 bits per heavy atom. The number of methoxy groups -OCH3 is 1. The Balaban J connectivity index is 2.27. The molecule has 0 amide bonds. The van der Waals surface area contributed by atoms with E-state index in [4.69, 9.17) is 4.74 Å². The zero-order chi connectivity index (χ0) is 8.10. The van der Waals surface area contributed by atoms with E-state index in [1.807, 2.05) is 24.0 Å². The molecule has 62 valence electrons. The SMILES string of the molecule is COCCCc1ccn(C)n1. The van der Waals surface area contributed by atoms with Crippen LogP contribution in [0.25, 0.3) is 0 Å². The number of aryl methyl sites for hydroxylation is 2. The summed E-state index contributed by atoms with van der Waals surface area (Å²) in [6.07, 6.45) is 4.02. The molecule has 0 aliphatic heterocycles. The number of hydrogen-bond acceptors (Lipinski definition) is 2. The summed E-state index contributed by atoms with van der Waals surface area (Å²) in [6.45, 7) is 0.816. The predicted molar refractivity (Wildman–Crippen MR) is 43.4 cm³/mol. The molecule has 1 aromatic rings. The first-order valence-corrected chi connectivity index (χ1v) is 3.80. The molecule has 0 fully saturated rings. The van der Waals surface area contributed by atoms with E-state index in [2.05, 4.69) is 5.10 Å². The van der Waals surface area contributed by atoms with Gasteiger partial charge >= 0.3 is 0 Å². The second-order valence-corrected chi connectivity index (χ2v) is 2.58. The van der Waals surface area contributed by atoms with Crippen LogP contribution in [-0.4, -0.2) is 23.5 Å². The van der Waals surface area contributed by atoms with Crippen molar-refractivity contribution in [2.24, 2.45) is 7.05 Å². The van der Waals surface area contributed by atoms with E-state index in [1.54, 1.807) is 7.11 Å². The van der Waals surface area contributed by atoms with Crippen molar-refractivity contribution in [3.8, 4) is 0 Å². The van der Waals surface area contributed by atoms with Crippen molar-refractivity contribution in [2.75, 3.05) is 13.7 Å². The Morgan fingerprint density at radius 1 is 1.64 bits per heavy atom. The van der Waals surface area contributed by atoms with Gasteiger partial charge in [0.15, 0.2) is 0 Å². The van der Waals surface area contributed by atoms with E-state index >= 15 is 0 Å². The van der Waals surface area contributed by atoms with Crippen molar-refractivity contribution < 1.29 is 4.74 Å². The normalized spacial score (nSPS) is 10.4. The highest BCUT2D eigenvalue weighted by Crippen LogP contribution is 1.98. The predicted octanol–water partition coefficient (Wildman–Crippen LogP) is 0.999. The van der Waals surface area contributed by atoms with Crippen LogP contribution in [0.3, 0.4) is 0 Å². The number of ether oxygens (including phenoxy) is 1. The number of rotatable bonds is 4. The van der Waals surface area contributed by atoms with Crippen molar-refractivity contribution in [3.05, 3.63) is 18.0 Å². The lowest BCUT2D eigenvalue weighted by atomic mass is 10.2. The molecule has 0 spiro atoms. The Kier molecular flexibility index (Phi) is 3.11. The van der Waals surface area contributed by atoms with Crippen LogP contribution in [0.2, 0.25) is 0 Å². The fourth-order valence-corrected chi connectivity index (χ4v) is 0.994. The van der Waals surface area contributed by atoms with E-state index in [1.165, 1.54) is 0 Å². The Labute approximate surface area is 67.0 Å². The summed E-state index contributed by atoms with van der Waals surface area (Å²) in [5.74, 6) is 0. The molecule has 0 aliphatic rings. The first kappa shape index (κ1) is 8.27. The third-order valence-electron chi connectivity index (χ3n) is 1.55. The van der Waals surface area contributed by atoms with Crippen LogP contribution in [0.15, 0.2) is 12.3 Å². The zero-order valence-corrected chi connectivity index (χ0v) is 7.08. The number of nitrogens with zero attached hydrogens (tertiary/aromatic N) is 2. The molecular formula is C8H14N2O. The van der Waals surface area contributed by atoms with Gasteiger partial charge in [0.25, 0.3) is 0 Å². The van der Waals surface area contributed by atoms with E-state index < -0.39 is 0 Å². The summed E-state index contributed by atoms with van der Waals surface area (Å²) in [7, 11) is 3.65. The highest BCUT2D eigenvalue weighted by molar-refractivity contribution is 4.98. The van der Waals surface area contributed by atoms with Crippen LogP contribution >= 0.6 is 0 Å². The van der Waals surface area contributed by atoms with Gasteiger partial charge in [-0.1, -0.05) is 0 Å². The quantitative estimate of drug-likeness (QED) is 0.605. The summed E-state index contributed by atoms with van der Waals surface area (Å²) in [5.41, 5.74) is 1.14. The maximum absolute atomic E-state index is 4.94. The summed E-state index contributed by atoms with van der Waals surface area (Å²) >= 11 is 0. The molecule has 1 aromatic heterocycles. The van der Waals surface area contributed by atoms with Gasteiger partial charge in [-0.15, -0.1) is 0 Å². The minimum Gasteiger partial charge on any atom is -0.385 e. The van der Waals surface area contributed by atoms with Gasteiger partial charge in [0.05, 0.1) is 5.69 Å². The second kappa shape index (κ2) is 4.13. The van der Waals surface area contributed by atoms with E-state index in [9.17, 15) is 0 Å². The molecule has 0 N–H and O–H groups in total. The van der Waals surface area contributed by atoms with Gasteiger partial charge in [-0.25, -0.2) is 0 Å². The van der Waals surface area contributed by atoms with Crippen LogP contribution in [0.5, 0.6) is 0 Å². The molecule has 0 aromatic carbocycles. The van der Waals surface area contributed by atoms with Gasteiger partial charge < -0.3 is 4.74 Å². The van der Waals surface area contributed by atoms with E-state index in [-0.39, 0.29) is 0 Å². The smallest absolute Gasteiger partial charge is 0.0625 e. The molecule has 1 heterocycles. The van der Waals surface area contributed by atoms with Gasteiger partial charge in [-0.3, -0.25) is 4.68 Å². The van der Waals surface area contributed by atoms with Crippen molar-refractivity contribution in [1.29, 1.82) is 0 Å². The van der Waals surface area contributed by atoms with Crippen LogP contribution in [0.1, 0.15) is 12.1 Å². The molecule has 0 saturated carbocycles. The van der Waals surface area contributed by atoms with Crippen molar-refractivity contribution >= 4 is 0 Å². The summed E-state index contributed by atoms with van der Waals surface area (Å²) < 4.78 is 6.76. The van der Waals surface area contributed by atoms with Gasteiger partial charge in [0, 0.05) is 27.0 Å². The summed E-state index contributed by atoms with van der Waals surface area (Å²) in [5, 5.41) is 4.24. The second-order valence-electron chi connectivity index (χ2n) is 2.58. The Morgan fingerprint density at radius 3 is 3.00 bits per heavy atom. The number of hydrogen-bond donors (Lipinski definition) is 0. The summed E-state index contributed by atoms with van der Waals surface area (Å²) in [4.78, 5) is 0. The lowest BCUT2D eigenvalue weighted by Gasteiger charge is -1.95. The fraction of sp³-hybridized carbons (Fsp3) is 0.625. The van der Waals surface area contributed by atoms with E-state index in [0.717, 1.165) is 25.1 Å². The molecule has 11 heavy (non-hydrogen) atoms. The van der Waals surface area contributed by atoms with Crippen LogP contribution in [0, 0.1) is 0 Å². The molecule has 3 nitrogen and oxygen atoms in total. The van der Waals surface area contributed by atoms with Crippen LogP contribution in [0.4, 0.5) is 0 Å². The van der Waals surface area contributed by atoms with Crippen molar-refractivity contribution in [1.82, 2.24) is 9.78 Å². The van der Waals surface area contributed by atoms with Crippen molar-refractivity contribution in [3.63, 3.8) is 0 Å². The maximum Gasteiger partial charge on any atom is 0.0625 e. The van der Waals surface area contributed by atoms with Crippen LogP contribution < -0.4 is 0 Å². The molecule has 0 aliphatic carbocycles. The highest BCUT2D eigenvalue weighted by Gasteiger charge is 1.94. The van der Waals surface area contributed by atoms with Gasteiger partial charge in [-0.2, -0.15) is 5.10 Å². The monoisotopic (exact) mass is 154 g/mol. The standard InChI is InChI=1S/C8H14N2O/c1-10-6-5-8(9-10)4-3-7-11-2/h5-6H,3-4,7H2,1-2H3. The molecule has 0 saturated heterocycles. The average Bonchev–Trinajstić information content (AvgIpc) is 2.37. The van der Waals surface area contributed by atoms with Gasteiger partial charge in [0.1, 0.15) is 0 Å². The Bertz CT molecular complexity index is 208. The molecule has 1 rings (SSSR count). The topological polar surface area (TPSA) is 27.1 Å². The maximum atomic E-state index is 4.94. The fourth-order valence-electron chi connectivity index (χ4n) is 0.994. The van der Waals surface area contributed by atoms with Gasteiger partial charge in [0.2, 0.25) is 0 Å². The van der Waals surface area contributed by atoms with Crippen molar-refractivity contribution in [2.45, 2.75) is 12.8 Å². The zero-order valence-electron chi connectivity index (χ0n) is 7.08. The molecule has 3 heteroatoms. The lowest BCUT2D eigenvalue weighted by Crippen LogP contribution is -1.94. The molecule has 0 atom stereocenters. The first-order valence-electron chi connectivity index (χ1n) is 3.80.